The Labute approximate surface area is 179 Å². The molecule has 0 unspecified atom stereocenters. The van der Waals surface area contributed by atoms with Gasteiger partial charge >= 0.3 is 6.18 Å². The molecule has 0 spiro atoms. The standard InChI is InChI=1S/C23H14F4N4O/c24-17-5-1-15(2-6-17)21-29-13-19(20(31-21)14-9-11-28-12-10-14)22(32)30-18-7-3-16(4-8-18)23(25,26)27/h1-13H,(H,30,32). The molecule has 32 heavy (non-hydrogen) atoms. The number of amides is 1. The molecule has 1 N–H and O–H groups in total. The van der Waals surface area contributed by atoms with Crippen molar-refractivity contribution in [2.45, 2.75) is 6.18 Å². The van der Waals surface area contributed by atoms with Crippen LogP contribution in [0.3, 0.4) is 0 Å². The highest BCUT2D eigenvalue weighted by Gasteiger charge is 2.30. The van der Waals surface area contributed by atoms with Crippen LogP contribution >= 0.6 is 0 Å². The Kier molecular flexibility index (Phi) is 5.63. The molecular weight excluding hydrogens is 424 g/mol. The Morgan fingerprint density at radius 2 is 1.50 bits per heavy atom. The van der Waals surface area contributed by atoms with Crippen molar-refractivity contribution in [2.75, 3.05) is 5.32 Å². The number of aromatic nitrogens is 3. The first-order valence-electron chi connectivity index (χ1n) is 9.33. The molecule has 1 amide bonds. The maximum atomic E-state index is 13.3. The van der Waals surface area contributed by atoms with Crippen molar-refractivity contribution < 1.29 is 22.4 Å². The predicted octanol–water partition coefficient (Wildman–Crippen LogP) is 5.62. The smallest absolute Gasteiger partial charge is 0.322 e. The van der Waals surface area contributed by atoms with Gasteiger partial charge in [-0.15, -0.1) is 0 Å². The van der Waals surface area contributed by atoms with Crippen LogP contribution in [0.25, 0.3) is 22.6 Å². The van der Waals surface area contributed by atoms with Gasteiger partial charge in [0.2, 0.25) is 0 Å². The quantitative estimate of drug-likeness (QED) is 0.420. The molecule has 5 nitrogen and oxygen atoms in total. The van der Waals surface area contributed by atoms with Crippen LogP contribution in [0.4, 0.5) is 23.2 Å². The molecule has 160 valence electrons. The number of hydrogen-bond acceptors (Lipinski definition) is 4. The third-order valence-electron chi connectivity index (χ3n) is 4.56. The van der Waals surface area contributed by atoms with Crippen LogP contribution in [-0.2, 0) is 6.18 Å². The Balaban J connectivity index is 1.69. The fourth-order valence-electron chi connectivity index (χ4n) is 2.96. The number of hydrogen-bond donors (Lipinski definition) is 1. The lowest BCUT2D eigenvalue weighted by Crippen LogP contribution is -2.15. The van der Waals surface area contributed by atoms with E-state index in [-0.39, 0.29) is 17.1 Å². The third-order valence-corrected chi connectivity index (χ3v) is 4.56. The van der Waals surface area contributed by atoms with Crippen LogP contribution in [0.1, 0.15) is 15.9 Å². The summed E-state index contributed by atoms with van der Waals surface area (Å²) >= 11 is 0. The molecule has 0 fully saturated rings. The number of pyridine rings is 1. The number of halogens is 4. The number of anilines is 1. The van der Waals surface area contributed by atoms with Gasteiger partial charge in [-0.1, -0.05) is 0 Å². The van der Waals surface area contributed by atoms with Crippen LogP contribution < -0.4 is 5.32 Å². The van der Waals surface area contributed by atoms with Crippen LogP contribution in [0.2, 0.25) is 0 Å². The Bertz CT molecular complexity index is 1240. The van der Waals surface area contributed by atoms with Gasteiger partial charge in [0.05, 0.1) is 16.8 Å². The molecular formula is C23H14F4N4O. The number of nitrogens with one attached hydrogen (secondary N) is 1. The van der Waals surface area contributed by atoms with Crippen molar-refractivity contribution in [3.8, 4) is 22.6 Å². The highest BCUT2D eigenvalue weighted by molar-refractivity contribution is 6.08. The first kappa shape index (κ1) is 21.1. The number of carbonyl (C=O) groups excluding carboxylic acids is 1. The first-order chi connectivity index (χ1) is 15.3. The normalized spacial score (nSPS) is 11.2. The minimum atomic E-state index is -4.47. The van der Waals surface area contributed by atoms with E-state index in [1.165, 1.54) is 55.0 Å². The summed E-state index contributed by atoms with van der Waals surface area (Å²) in [6.45, 7) is 0. The van der Waals surface area contributed by atoms with Gasteiger partial charge in [0.15, 0.2) is 5.82 Å². The molecule has 9 heteroatoms. The fourth-order valence-corrected chi connectivity index (χ4v) is 2.96. The second kappa shape index (κ2) is 8.54. The molecule has 4 aromatic rings. The van der Waals surface area contributed by atoms with Gasteiger partial charge in [-0.25, -0.2) is 14.4 Å². The Hall–Kier alpha value is -4.14. The maximum absolute atomic E-state index is 13.3. The lowest BCUT2D eigenvalue weighted by Gasteiger charge is -2.12. The largest absolute Gasteiger partial charge is 0.416 e. The van der Waals surface area contributed by atoms with E-state index in [0.717, 1.165) is 12.1 Å². The summed E-state index contributed by atoms with van der Waals surface area (Å²) in [4.78, 5) is 25.6. The summed E-state index contributed by atoms with van der Waals surface area (Å²) in [5.74, 6) is -0.722. The molecule has 0 saturated carbocycles. The van der Waals surface area contributed by atoms with Crippen molar-refractivity contribution in [3.63, 3.8) is 0 Å². The molecule has 0 radical (unpaired) electrons. The lowest BCUT2D eigenvalue weighted by atomic mass is 10.1. The molecule has 4 rings (SSSR count). The fraction of sp³-hybridized carbons (Fsp3) is 0.0435. The van der Waals surface area contributed by atoms with Crippen molar-refractivity contribution in [2.24, 2.45) is 0 Å². The lowest BCUT2D eigenvalue weighted by molar-refractivity contribution is -0.137. The van der Waals surface area contributed by atoms with Crippen LogP contribution in [0.5, 0.6) is 0 Å². The zero-order valence-corrected chi connectivity index (χ0v) is 16.3. The molecule has 0 atom stereocenters. The second-order valence-corrected chi connectivity index (χ2v) is 6.73. The van der Waals surface area contributed by atoms with Gasteiger partial charge in [0, 0.05) is 35.4 Å². The zero-order valence-electron chi connectivity index (χ0n) is 16.3. The van der Waals surface area contributed by atoms with Crippen LogP contribution in [0.15, 0.2) is 79.3 Å². The highest BCUT2D eigenvalue weighted by Crippen LogP contribution is 2.30. The van der Waals surface area contributed by atoms with E-state index in [9.17, 15) is 22.4 Å². The van der Waals surface area contributed by atoms with Crippen molar-refractivity contribution in [3.05, 3.63) is 96.2 Å². The summed E-state index contributed by atoms with van der Waals surface area (Å²) in [6.07, 6.45) is -0.0823. The topological polar surface area (TPSA) is 67.8 Å². The third kappa shape index (κ3) is 4.61. The van der Waals surface area contributed by atoms with Crippen LogP contribution in [0, 0.1) is 5.82 Å². The summed E-state index contributed by atoms with van der Waals surface area (Å²) < 4.78 is 51.5. The number of alkyl halides is 3. The summed E-state index contributed by atoms with van der Waals surface area (Å²) in [7, 11) is 0. The summed E-state index contributed by atoms with van der Waals surface area (Å²) in [5, 5.41) is 2.56. The minimum Gasteiger partial charge on any atom is -0.322 e. The van der Waals surface area contributed by atoms with Gasteiger partial charge < -0.3 is 5.32 Å². The van der Waals surface area contributed by atoms with Gasteiger partial charge in [-0.3, -0.25) is 9.78 Å². The van der Waals surface area contributed by atoms with E-state index >= 15 is 0 Å². The van der Waals surface area contributed by atoms with Gasteiger partial charge in [-0.2, -0.15) is 13.2 Å². The van der Waals surface area contributed by atoms with Crippen LogP contribution in [-0.4, -0.2) is 20.9 Å². The number of nitrogens with zero attached hydrogens (tertiary/aromatic N) is 3. The molecule has 0 aliphatic rings. The maximum Gasteiger partial charge on any atom is 0.416 e. The molecule has 2 heterocycles. The monoisotopic (exact) mass is 438 g/mol. The van der Waals surface area contributed by atoms with E-state index in [2.05, 4.69) is 20.3 Å². The van der Waals surface area contributed by atoms with E-state index < -0.39 is 23.5 Å². The minimum absolute atomic E-state index is 0.113. The van der Waals surface area contributed by atoms with Crippen molar-refractivity contribution in [1.29, 1.82) is 0 Å². The number of benzene rings is 2. The van der Waals surface area contributed by atoms with E-state index in [4.69, 9.17) is 0 Å². The van der Waals surface area contributed by atoms with E-state index in [1.807, 2.05) is 0 Å². The molecule has 0 saturated heterocycles. The second-order valence-electron chi connectivity index (χ2n) is 6.73. The Morgan fingerprint density at radius 3 is 2.12 bits per heavy atom. The zero-order chi connectivity index (χ0) is 22.7. The van der Waals surface area contributed by atoms with Gasteiger partial charge in [0.25, 0.3) is 5.91 Å². The summed E-state index contributed by atoms with van der Waals surface area (Å²) in [5.41, 5.74) is 0.916. The van der Waals surface area contributed by atoms with Gasteiger partial charge in [-0.05, 0) is 60.7 Å². The van der Waals surface area contributed by atoms with Crippen molar-refractivity contribution >= 4 is 11.6 Å². The average molecular weight is 438 g/mol. The summed E-state index contributed by atoms with van der Waals surface area (Å²) in [6, 6.07) is 13.0. The number of carbonyl (C=O) groups is 1. The molecule has 0 aliphatic carbocycles. The molecule has 2 aromatic heterocycles. The Morgan fingerprint density at radius 1 is 0.844 bits per heavy atom. The van der Waals surface area contributed by atoms with E-state index in [1.54, 1.807) is 12.1 Å². The van der Waals surface area contributed by atoms with Crippen molar-refractivity contribution in [1.82, 2.24) is 15.0 Å². The average Bonchev–Trinajstić information content (AvgIpc) is 2.79. The highest BCUT2D eigenvalue weighted by atomic mass is 19.4. The predicted molar refractivity (Wildman–Crippen MR) is 110 cm³/mol. The number of rotatable bonds is 4. The van der Waals surface area contributed by atoms with Gasteiger partial charge in [0.1, 0.15) is 5.82 Å². The SMILES string of the molecule is O=C(Nc1ccc(C(F)(F)F)cc1)c1cnc(-c2ccc(F)cc2)nc1-c1ccncc1. The van der Waals surface area contributed by atoms with E-state index in [0.29, 0.717) is 16.8 Å². The molecule has 2 aromatic carbocycles. The molecule has 0 aliphatic heterocycles. The first-order valence-corrected chi connectivity index (χ1v) is 9.33. The molecule has 0 bridgehead atoms.